The van der Waals surface area contributed by atoms with Gasteiger partial charge in [-0.2, -0.15) is 0 Å². The summed E-state index contributed by atoms with van der Waals surface area (Å²) in [5.74, 6) is -0.795. The van der Waals surface area contributed by atoms with Gasteiger partial charge in [0.05, 0.1) is 6.42 Å². The van der Waals surface area contributed by atoms with Gasteiger partial charge in [0, 0.05) is 10.4 Å². The lowest BCUT2D eigenvalue weighted by Crippen LogP contribution is -2.21. The average Bonchev–Trinajstić information content (AvgIpc) is 2.07. The number of hydrogen-bond donors (Lipinski definition) is 1. The molecule has 0 aliphatic heterocycles. The minimum absolute atomic E-state index is 0.104. The number of aliphatic carboxylic acids is 1. The zero-order chi connectivity index (χ0) is 11.6. The minimum Gasteiger partial charge on any atom is -0.481 e. The molecule has 0 saturated carbocycles. The molecule has 3 heteroatoms. The molecule has 0 heterocycles. The Kier molecular flexibility index (Phi) is 3.40. The summed E-state index contributed by atoms with van der Waals surface area (Å²) in [6.45, 7) is 5.74. The van der Waals surface area contributed by atoms with Crippen molar-refractivity contribution in [1.29, 1.82) is 0 Å². The Morgan fingerprint density at radius 1 is 1.47 bits per heavy atom. The van der Waals surface area contributed by atoms with Gasteiger partial charge in [-0.25, -0.2) is 0 Å². The number of hydrogen-bond acceptors (Lipinski definition) is 1. The molecule has 0 atom stereocenters. The smallest absolute Gasteiger partial charge is 0.304 e. The normalized spacial score (nSPS) is 11.5. The zero-order valence-corrected chi connectivity index (χ0v) is 9.93. The highest BCUT2D eigenvalue weighted by molar-refractivity contribution is 6.31. The van der Waals surface area contributed by atoms with Crippen LogP contribution < -0.4 is 0 Å². The maximum absolute atomic E-state index is 10.7. The van der Waals surface area contributed by atoms with Gasteiger partial charge in [-0.1, -0.05) is 37.6 Å². The molecule has 0 unspecified atom stereocenters. The first-order valence-electron chi connectivity index (χ1n) is 4.81. The number of halogens is 1. The second kappa shape index (κ2) is 4.23. The van der Waals surface area contributed by atoms with E-state index in [2.05, 4.69) is 0 Å². The van der Waals surface area contributed by atoms with Gasteiger partial charge in [0.15, 0.2) is 0 Å². The van der Waals surface area contributed by atoms with Gasteiger partial charge in [0.1, 0.15) is 0 Å². The van der Waals surface area contributed by atoms with Gasteiger partial charge in [-0.3, -0.25) is 4.79 Å². The first kappa shape index (κ1) is 12.1. The van der Waals surface area contributed by atoms with Gasteiger partial charge in [-0.15, -0.1) is 0 Å². The highest BCUT2D eigenvalue weighted by atomic mass is 35.5. The van der Waals surface area contributed by atoms with Crippen LogP contribution in [0.15, 0.2) is 18.2 Å². The molecule has 0 saturated heterocycles. The van der Waals surface area contributed by atoms with E-state index in [0.29, 0.717) is 5.02 Å². The quantitative estimate of drug-likeness (QED) is 0.858. The van der Waals surface area contributed by atoms with Crippen LogP contribution in [-0.4, -0.2) is 11.1 Å². The van der Waals surface area contributed by atoms with Crippen LogP contribution in [0.4, 0.5) is 0 Å². The third-order valence-corrected chi connectivity index (χ3v) is 2.95. The fourth-order valence-corrected chi connectivity index (χ4v) is 1.67. The largest absolute Gasteiger partial charge is 0.481 e. The van der Waals surface area contributed by atoms with E-state index in [1.807, 2.05) is 39.0 Å². The topological polar surface area (TPSA) is 37.3 Å². The number of rotatable bonds is 3. The molecule has 0 amide bonds. The van der Waals surface area contributed by atoms with Crippen molar-refractivity contribution in [2.45, 2.75) is 32.6 Å². The third kappa shape index (κ3) is 2.96. The van der Waals surface area contributed by atoms with E-state index in [0.717, 1.165) is 11.1 Å². The first-order chi connectivity index (χ1) is 6.83. The molecule has 15 heavy (non-hydrogen) atoms. The molecule has 0 fully saturated rings. The van der Waals surface area contributed by atoms with Crippen molar-refractivity contribution in [3.63, 3.8) is 0 Å². The van der Waals surface area contributed by atoms with Crippen LogP contribution in [0.25, 0.3) is 0 Å². The van der Waals surface area contributed by atoms with Crippen molar-refractivity contribution in [3.05, 3.63) is 34.3 Å². The van der Waals surface area contributed by atoms with E-state index in [9.17, 15) is 4.79 Å². The number of benzene rings is 1. The number of carbonyl (C=O) groups is 1. The lowest BCUT2D eigenvalue weighted by atomic mass is 9.81. The minimum atomic E-state index is -0.795. The molecule has 1 aromatic rings. The predicted octanol–water partition coefficient (Wildman–Crippen LogP) is 3.40. The maximum Gasteiger partial charge on any atom is 0.304 e. The molecule has 0 aromatic heterocycles. The Labute approximate surface area is 94.9 Å². The summed E-state index contributed by atoms with van der Waals surface area (Å²) in [4.78, 5) is 10.7. The van der Waals surface area contributed by atoms with E-state index in [1.54, 1.807) is 0 Å². The fourth-order valence-electron chi connectivity index (χ4n) is 1.49. The molecule has 0 spiro atoms. The average molecular weight is 227 g/mol. The van der Waals surface area contributed by atoms with Gasteiger partial charge < -0.3 is 5.11 Å². The monoisotopic (exact) mass is 226 g/mol. The Morgan fingerprint density at radius 3 is 2.53 bits per heavy atom. The van der Waals surface area contributed by atoms with E-state index < -0.39 is 5.97 Å². The molecule has 0 radical (unpaired) electrons. The van der Waals surface area contributed by atoms with Crippen molar-refractivity contribution in [2.24, 2.45) is 0 Å². The highest BCUT2D eigenvalue weighted by Crippen LogP contribution is 2.30. The number of carboxylic acids is 1. The van der Waals surface area contributed by atoms with E-state index in [-0.39, 0.29) is 11.8 Å². The molecule has 1 N–H and O–H groups in total. The molecule has 2 nitrogen and oxygen atoms in total. The summed E-state index contributed by atoms with van der Waals surface area (Å²) < 4.78 is 0. The summed E-state index contributed by atoms with van der Waals surface area (Å²) in [6.07, 6.45) is 0.104. The van der Waals surface area contributed by atoms with Crippen LogP contribution >= 0.6 is 11.6 Å². The highest BCUT2D eigenvalue weighted by Gasteiger charge is 2.24. The van der Waals surface area contributed by atoms with Crippen LogP contribution in [-0.2, 0) is 10.2 Å². The van der Waals surface area contributed by atoms with Crippen LogP contribution in [0.5, 0.6) is 0 Å². The Morgan fingerprint density at radius 2 is 2.07 bits per heavy atom. The van der Waals surface area contributed by atoms with E-state index in [1.165, 1.54) is 0 Å². The van der Waals surface area contributed by atoms with Gasteiger partial charge in [0.2, 0.25) is 0 Å². The lowest BCUT2D eigenvalue weighted by Gasteiger charge is -2.23. The van der Waals surface area contributed by atoms with Crippen molar-refractivity contribution >= 4 is 17.6 Å². The third-order valence-electron chi connectivity index (χ3n) is 2.55. The second-order valence-corrected chi connectivity index (χ2v) is 4.83. The van der Waals surface area contributed by atoms with Crippen molar-refractivity contribution in [3.8, 4) is 0 Å². The van der Waals surface area contributed by atoms with Crippen molar-refractivity contribution in [1.82, 2.24) is 0 Å². The molecular formula is C12H15ClO2. The molecule has 0 bridgehead atoms. The Balaban J connectivity index is 3.04. The van der Waals surface area contributed by atoms with Crippen molar-refractivity contribution < 1.29 is 9.90 Å². The molecule has 0 aliphatic rings. The summed E-state index contributed by atoms with van der Waals surface area (Å²) >= 11 is 6.01. The van der Waals surface area contributed by atoms with Crippen molar-refractivity contribution in [2.75, 3.05) is 0 Å². The van der Waals surface area contributed by atoms with Crippen LogP contribution in [0.3, 0.4) is 0 Å². The van der Waals surface area contributed by atoms with Crippen LogP contribution in [0.2, 0.25) is 5.02 Å². The van der Waals surface area contributed by atoms with E-state index >= 15 is 0 Å². The SMILES string of the molecule is Cc1ccc(C(C)(C)CC(=O)O)cc1Cl. The first-order valence-corrected chi connectivity index (χ1v) is 5.19. The Bertz CT molecular complexity index is 383. The zero-order valence-electron chi connectivity index (χ0n) is 9.17. The predicted molar refractivity (Wildman–Crippen MR) is 61.5 cm³/mol. The standard InChI is InChI=1S/C12H15ClO2/c1-8-4-5-9(6-10(8)13)12(2,3)7-11(14)15/h4-6H,7H2,1-3H3,(H,14,15). The van der Waals surface area contributed by atoms with Crippen LogP contribution in [0.1, 0.15) is 31.4 Å². The molecular weight excluding hydrogens is 212 g/mol. The van der Waals surface area contributed by atoms with Crippen LogP contribution in [0, 0.1) is 6.92 Å². The molecule has 0 aliphatic carbocycles. The summed E-state index contributed by atoms with van der Waals surface area (Å²) in [7, 11) is 0. The van der Waals surface area contributed by atoms with Gasteiger partial charge in [0.25, 0.3) is 0 Å². The lowest BCUT2D eigenvalue weighted by molar-refractivity contribution is -0.138. The molecule has 1 aromatic carbocycles. The molecule has 1 rings (SSSR count). The van der Waals surface area contributed by atoms with E-state index in [4.69, 9.17) is 16.7 Å². The number of aryl methyl sites for hydroxylation is 1. The summed E-state index contributed by atoms with van der Waals surface area (Å²) in [5, 5.41) is 9.49. The fraction of sp³-hybridized carbons (Fsp3) is 0.417. The van der Waals surface area contributed by atoms with Gasteiger partial charge in [-0.05, 0) is 24.1 Å². The Hall–Kier alpha value is -1.02. The summed E-state index contributed by atoms with van der Waals surface area (Å²) in [5.41, 5.74) is 1.58. The molecule has 82 valence electrons. The second-order valence-electron chi connectivity index (χ2n) is 4.42. The number of carboxylic acid groups (broad SMARTS) is 1. The maximum atomic E-state index is 10.7. The van der Waals surface area contributed by atoms with Gasteiger partial charge >= 0.3 is 5.97 Å². The summed E-state index contributed by atoms with van der Waals surface area (Å²) in [6, 6.07) is 5.70.